The van der Waals surface area contributed by atoms with E-state index in [2.05, 4.69) is 133 Å². The number of aryl methyl sites for hydroxylation is 4. The van der Waals surface area contributed by atoms with Crippen LogP contribution in [-0.2, 0) is 21.7 Å². The van der Waals surface area contributed by atoms with Gasteiger partial charge in [0.25, 0.3) is 0 Å². The van der Waals surface area contributed by atoms with Crippen LogP contribution in [-0.4, -0.2) is 23.9 Å². The van der Waals surface area contributed by atoms with Crippen molar-refractivity contribution < 1.29 is 0 Å². The number of thiazole rings is 1. The number of hydrogen-bond donors (Lipinski definition) is 1. The van der Waals surface area contributed by atoms with E-state index < -0.39 is 0 Å². The van der Waals surface area contributed by atoms with Gasteiger partial charge in [-0.15, -0.1) is 11.3 Å². The average Bonchev–Trinajstić information content (AvgIpc) is 3.56. The van der Waals surface area contributed by atoms with Gasteiger partial charge < -0.3 is 0 Å². The van der Waals surface area contributed by atoms with Gasteiger partial charge in [0, 0.05) is 32.6 Å². The summed E-state index contributed by atoms with van der Waals surface area (Å²) in [6.45, 7) is 34.5. The minimum atomic E-state index is 0.0775. The van der Waals surface area contributed by atoms with Gasteiger partial charge >= 0.3 is 0 Å². The molecule has 4 aromatic rings. The van der Waals surface area contributed by atoms with Crippen LogP contribution < -0.4 is 0 Å². The molecule has 0 saturated carbocycles. The van der Waals surface area contributed by atoms with Crippen molar-refractivity contribution in [1.82, 2.24) is 23.9 Å². The van der Waals surface area contributed by atoms with E-state index in [4.69, 9.17) is 11.6 Å². The number of hydrogen-bond acceptors (Lipinski definition) is 7. The molecule has 4 rings (SSSR count). The van der Waals surface area contributed by atoms with Gasteiger partial charge in [0.2, 0.25) is 0 Å². The first-order valence-electron chi connectivity index (χ1n) is 13.9. The van der Waals surface area contributed by atoms with E-state index in [1.807, 2.05) is 18.6 Å². The standard InChI is InChI=1S/C8H13ClN2.3C8H13NS/c1-5-6(8(2,3)4)7(9)11-10-5;1-6-7(8(2,3)4)10-5-9-6;1-6-7(5-10-9-6)8(2,3)4;1-6-7(5-9-10-6)8(2,3)4/h1-4H3,(H,10,11);3*5H,1-4H3. The molecule has 0 bridgehead atoms. The van der Waals surface area contributed by atoms with Crippen LogP contribution in [0.5, 0.6) is 0 Å². The molecule has 4 heterocycles. The van der Waals surface area contributed by atoms with Crippen LogP contribution in [0.3, 0.4) is 0 Å². The molecule has 0 aliphatic rings. The van der Waals surface area contributed by atoms with Crippen LogP contribution in [0.25, 0.3) is 0 Å². The van der Waals surface area contributed by atoms with Crippen LogP contribution >= 0.6 is 46.0 Å². The van der Waals surface area contributed by atoms with Crippen LogP contribution in [0.1, 0.15) is 127 Å². The molecule has 0 spiro atoms. The van der Waals surface area contributed by atoms with Crippen molar-refractivity contribution in [2.45, 2.75) is 132 Å². The molecule has 0 fully saturated rings. The predicted molar refractivity (Wildman–Crippen MR) is 184 cm³/mol. The summed E-state index contributed by atoms with van der Waals surface area (Å²) < 4.78 is 8.35. The first kappa shape index (κ1) is 37.4. The molecule has 1 N–H and O–H groups in total. The van der Waals surface area contributed by atoms with Gasteiger partial charge in [0.05, 0.1) is 16.9 Å². The fraction of sp³-hybridized carbons (Fsp3) is 0.625. The molecule has 0 saturated heterocycles. The second kappa shape index (κ2) is 14.7. The lowest BCUT2D eigenvalue weighted by Gasteiger charge is -2.17. The number of rotatable bonds is 0. The number of halogens is 1. The summed E-state index contributed by atoms with van der Waals surface area (Å²) in [6, 6.07) is 0. The zero-order valence-corrected chi connectivity index (χ0v) is 31.3. The molecule has 230 valence electrons. The Morgan fingerprint density at radius 1 is 0.732 bits per heavy atom. The maximum Gasteiger partial charge on any atom is 0.154 e. The van der Waals surface area contributed by atoms with Gasteiger partial charge in [-0.05, 0) is 83.5 Å². The van der Waals surface area contributed by atoms with Crippen molar-refractivity contribution in [3.05, 3.63) is 65.8 Å². The molecule has 0 aliphatic heterocycles. The van der Waals surface area contributed by atoms with Crippen molar-refractivity contribution in [2.75, 3.05) is 0 Å². The maximum atomic E-state index is 5.89. The van der Waals surface area contributed by atoms with E-state index in [0.29, 0.717) is 5.15 Å². The van der Waals surface area contributed by atoms with Crippen molar-refractivity contribution in [1.29, 1.82) is 0 Å². The van der Waals surface area contributed by atoms with Gasteiger partial charge in [-0.3, -0.25) is 5.10 Å². The lowest BCUT2D eigenvalue weighted by Crippen LogP contribution is -2.12. The fourth-order valence-corrected chi connectivity index (χ4v) is 7.40. The molecular formula is C32H52ClN5S3. The largest absolute Gasteiger partial charge is 0.281 e. The maximum absolute atomic E-state index is 5.89. The molecule has 4 aromatic heterocycles. The first-order valence-corrected chi connectivity index (χ1v) is 16.8. The zero-order valence-electron chi connectivity index (χ0n) is 28.1. The molecule has 0 amide bonds. The Bertz CT molecular complexity index is 1190. The highest BCUT2D eigenvalue weighted by molar-refractivity contribution is 7.09. The molecule has 5 nitrogen and oxygen atoms in total. The zero-order chi connectivity index (χ0) is 32.0. The average molecular weight is 638 g/mol. The molecular weight excluding hydrogens is 586 g/mol. The van der Waals surface area contributed by atoms with Gasteiger partial charge in [0.15, 0.2) is 5.15 Å². The minimum Gasteiger partial charge on any atom is -0.281 e. The SMILES string of the molecule is Cc1[nH]nc(Cl)c1C(C)(C)C.Cc1ncsc1C(C)(C)C.Cc1nscc1C(C)(C)C.Cc1sncc1C(C)(C)C. The van der Waals surface area contributed by atoms with E-state index in [1.54, 1.807) is 34.4 Å². The Labute approximate surface area is 266 Å². The molecule has 0 unspecified atom stereocenters. The minimum absolute atomic E-state index is 0.0775. The third-order valence-electron chi connectivity index (χ3n) is 6.20. The molecule has 9 heteroatoms. The van der Waals surface area contributed by atoms with Crippen molar-refractivity contribution >= 4 is 46.0 Å². The molecule has 0 aromatic carbocycles. The lowest BCUT2D eigenvalue weighted by atomic mass is 9.88. The quantitative estimate of drug-likeness (QED) is 0.208. The molecule has 0 atom stereocenters. The van der Waals surface area contributed by atoms with Gasteiger partial charge in [-0.2, -0.15) is 9.47 Å². The van der Waals surface area contributed by atoms with Crippen molar-refractivity contribution in [3.8, 4) is 0 Å². The van der Waals surface area contributed by atoms with E-state index >= 15 is 0 Å². The number of aromatic nitrogens is 5. The second-order valence-electron chi connectivity index (χ2n) is 14.4. The second-order valence-corrected chi connectivity index (χ2v) is 17.2. The lowest BCUT2D eigenvalue weighted by molar-refractivity contribution is 0.586. The van der Waals surface area contributed by atoms with Gasteiger partial charge in [-0.1, -0.05) is 94.7 Å². The number of aromatic amines is 1. The Hall–Kier alpha value is -1.61. The van der Waals surface area contributed by atoms with E-state index in [9.17, 15) is 0 Å². The third kappa shape index (κ3) is 11.9. The smallest absolute Gasteiger partial charge is 0.154 e. The van der Waals surface area contributed by atoms with E-state index in [-0.39, 0.29) is 21.7 Å². The predicted octanol–water partition coefficient (Wildman–Crippen LogP) is 10.9. The Morgan fingerprint density at radius 3 is 1.49 bits per heavy atom. The number of nitrogens with zero attached hydrogens (tertiary/aromatic N) is 4. The molecule has 0 aliphatic carbocycles. The summed E-state index contributed by atoms with van der Waals surface area (Å²) in [5.74, 6) is 0. The van der Waals surface area contributed by atoms with Crippen molar-refractivity contribution in [2.24, 2.45) is 0 Å². The van der Waals surface area contributed by atoms with Crippen LogP contribution in [0.15, 0.2) is 17.1 Å². The van der Waals surface area contributed by atoms with E-state index in [1.165, 1.54) is 32.3 Å². The summed E-state index contributed by atoms with van der Waals surface area (Å²) in [5.41, 5.74) is 10.1. The summed E-state index contributed by atoms with van der Waals surface area (Å²) in [4.78, 5) is 6.94. The number of nitrogens with one attached hydrogen (secondary N) is 1. The van der Waals surface area contributed by atoms with Gasteiger partial charge in [0.1, 0.15) is 0 Å². The van der Waals surface area contributed by atoms with Crippen LogP contribution in [0.4, 0.5) is 0 Å². The monoisotopic (exact) mass is 637 g/mol. The Balaban J connectivity index is 0.000000274. The summed E-state index contributed by atoms with van der Waals surface area (Å²) in [6.07, 6.45) is 1.97. The highest BCUT2D eigenvalue weighted by Gasteiger charge is 2.22. The normalized spacial score (nSPS) is 12.0. The van der Waals surface area contributed by atoms with E-state index in [0.717, 1.165) is 11.3 Å². The fourth-order valence-electron chi connectivity index (χ4n) is 4.32. The topological polar surface area (TPSA) is 67.3 Å². The molecule has 0 radical (unpaired) electrons. The van der Waals surface area contributed by atoms with Crippen LogP contribution in [0, 0.1) is 27.7 Å². The van der Waals surface area contributed by atoms with Crippen molar-refractivity contribution in [3.63, 3.8) is 0 Å². The Kier molecular flexibility index (Phi) is 13.4. The first-order chi connectivity index (χ1) is 18.5. The summed E-state index contributed by atoms with van der Waals surface area (Å²) >= 11 is 10.8. The van der Waals surface area contributed by atoms with Crippen LogP contribution in [0.2, 0.25) is 5.15 Å². The highest BCUT2D eigenvalue weighted by atomic mass is 35.5. The highest BCUT2D eigenvalue weighted by Crippen LogP contribution is 2.30. The van der Waals surface area contributed by atoms with Gasteiger partial charge in [-0.25, -0.2) is 9.36 Å². The Morgan fingerprint density at radius 2 is 1.29 bits per heavy atom. The summed E-state index contributed by atoms with van der Waals surface area (Å²) in [5, 5.41) is 9.51. The summed E-state index contributed by atoms with van der Waals surface area (Å²) in [7, 11) is 0. The molecule has 41 heavy (non-hydrogen) atoms. The third-order valence-corrected chi connectivity index (χ3v) is 9.25. The number of H-pyrrole nitrogens is 1.